The Bertz CT molecular complexity index is 737. The fraction of sp³-hybridized carbons (Fsp3) is 0.222. The molecule has 2 aromatic carbocycles. The Balaban J connectivity index is 1.66. The van der Waals surface area contributed by atoms with Crippen LogP contribution in [0.15, 0.2) is 60.8 Å². The van der Waals surface area contributed by atoms with Crippen molar-refractivity contribution in [1.82, 2.24) is 15.0 Å². The minimum Gasteiger partial charge on any atom is -0.508 e. The first kappa shape index (κ1) is 14.3. The highest BCUT2D eigenvalue weighted by Gasteiger charge is 2.10. The van der Waals surface area contributed by atoms with Crippen molar-refractivity contribution in [3.63, 3.8) is 0 Å². The maximum Gasteiger partial charge on any atom is 0.115 e. The summed E-state index contributed by atoms with van der Waals surface area (Å²) in [6.07, 6.45) is 2.80. The van der Waals surface area contributed by atoms with Gasteiger partial charge >= 0.3 is 0 Å². The number of rotatable bonds is 5. The quantitative estimate of drug-likeness (QED) is 0.784. The largest absolute Gasteiger partial charge is 0.508 e. The number of phenols is 1. The van der Waals surface area contributed by atoms with E-state index >= 15 is 0 Å². The van der Waals surface area contributed by atoms with Gasteiger partial charge in [-0.2, -0.15) is 0 Å². The minimum atomic E-state index is 0.286. The molecule has 22 heavy (non-hydrogen) atoms. The molecule has 0 amide bonds. The van der Waals surface area contributed by atoms with Crippen LogP contribution in [0.2, 0.25) is 0 Å². The van der Waals surface area contributed by atoms with Gasteiger partial charge < -0.3 is 5.11 Å². The van der Waals surface area contributed by atoms with Gasteiger partial charge in [0.1, 0.15) is 5.75 Å². The average Bonchev–Trinajstić information content (AvgIpc) is 2.95. The highest BCUT2D eigenvalue weighted by molar-refractivity contribution is 5.30. The van der Waals surface area contributed by atoms with Gasteiger partial charge in [0.15, 0.2) is 0 Å². The van der Waals surface area contributed by atoms with Crippen molar-refractivity contribution in [2.24, 2.45) is 0 Å². The van der Waals surface area contributed by atoms with Crippen molar-refractivity contribution in [3.8, 4) is 5.75 Å². The molecule has 0 bridgehead atoms. The van der Waals surface area contributed by atoms with E-state index < -0.39 is 0 Å². The van der Waals surface area contributed by atoms with Crippen molar-refractivity contribution in [1.29, 1.82) is 0 Å². The Morgan fingerprint density at radius 3 is 2.68 bits per heavy atom. The number of aromatic nitrogens is 3. The van der Waals surface area contributed by atoms with Gasteiger partial charge in [-0.25, -0.2) is 4.68 Å². The summed E-state index contributed by atoms with van der Waals surface area (Å²) in [5.74, 6) is 0.589. The van der Waals surface area contributed by atoms with E-state index in [1.807, 2.05) is 41.2 Å². The summed E-state index contributed by atoms with van der Waals surface area (Å²) < 4.78 is 1.86. The third-order valence-electron chi connectivity index (χ3n) is 3.73. The monoisotopic (exact) mass is 293 g/mol. The molecular formula is C18H19N3O. The summed E-state index contributed by atoms with van der Waals surface area (Å²) in [5.41, 5.74) is 3.28. The maximum absolute atomic E-state index is 9.56. The molecule has 4 heteroatoms. The molecule has 0 aliphatic carbocycles. The number of benzene rings is 2. The summed E-state index contributed by atoms with van der Waals surface area (Å²) in [7, 11) is 0. The third-order valence-corrected chi connectivity index (χ3v) is 3.73. The number of phenolic OH excluding ortho intramolecular Hbond substituents is 1. The zero-order chi connectivity index (χ0) is 15.4. The van der Waals surface area contributed by atoms with Gasteiger partial charge in [0, 0.05) is 6.20 Å². The number of nitrogens with zero attached hydrogens (tertiary/aromatic N) is 3. The Kier molecular flexibility index (Phi) is 4.19. The fourth-order valence-electron chi connectivity index (χ4n) is 2.54. The van der Waals surface area contributed by atoms with Crippen molar-refractivity contribution in [2.45, 2.75) is 25.8 Å². The zero-order valence-electron chi connectivity index (χ0n) is 12.6. The van der Waals surface area contributed by atoms with Gasteiger partial charge in [-0.15, -0.1) is 5.10 Å². The van der Waals surface area contributed by atoms with E-state index in [0.29, 0.717) is 5.75 Å². The average molecular weight is 293 g/mol. The Morgan fingerprint density at radius 1 is 1.09 bits per heavy atom. The van der Waals surface area contributed by atoms with Crippen LogP contribution in [0.3, 0.4) is 0 Å². The predicted octanol–water partition coefficient (Wildman–Crippen LogP) is 3.38. The lowest BCUT2D eigenvalue weighted by atomic mass is 9.96. The van der Waals surface area contributed by atoms with E-state index in [0.717, 1.165) is 24.2 Å². The molecule has 1 unspecified atom stereocenters. The van der Waals surface area contributed by atoms with Crippen LogP contribution in [0.5, 0.6) is 5.75 Å². The summed E-state index contributed by atoms with van der Waals surface area (Å²) in [5, 5.41) is 18.0. The molecule has 1 N–H and O–H groups in total. The molecule has 0 radical (unpaired) electrons. The van der Waals surface area contributed by atoms with Gasteiger partial charge in [0.05, 0.1) is 12.2 Å². The van der Waals surface area contributed by atoms with Crippen LogP contribution >= 0.6 is 0 Å². The molecule has 1 aromatic heterocycles. The van der Waals surface area contributed by atoms with Crippen LogP contribution in [0.4, 0.5) is 0 Å². The molecule has 112 valence electrons. The first-order chi connectivity index (χ1) is 10.7. The lowest BCUT2D eigenvalue weighted by molar-refractivity contribution is 0.474. The van der Waals surface area contributed by atoms with Crippen LogP contribution in [0, 0.1) is 0 Å². The normalized spacial score (nSPS) is 12.2. The van der Waals surface area contributed by atoms with Gasteiger partial charge in [-0.05, 0) is 35.6 Å². The zero-order valence-corrected chi connectivity index (χ0v) is 12.6. The molecule has 1 heterocycles. The van der Waals surface area contributed by atoms with E-state index in [9.17, 15) is 5.11 Å². The third kappa shape index (κ3) is 3.52. The smallest absolute Gasteiger partial charge is 0.115 e. The van der Waals surface area contributed by atoms with Crippen molar-refractivity contribution >= 4 is 0 Å². The predicted molar refractivity (Wildman–Crippen MR) is 85.8 cm³/mol. The summed E-state index contributed by atoms with van der Waals surface area (Å²) in [6.45, 7) is 2.86. The molecule has 0 aliphatic heterocycles. The van der Waals surface area contributed by atoms with Gasteiger partial charge in [0.25, 0.3) is 0 Å². The van der Waals surface area contributed by atoms with E-state index in [1.54, 1.807) is 12.1 Å². The van der Waals surface area contributed by atoms with Crippen LogP contribution in [0.1, 0.15) is 29.7 Å². The molecule has 3 rings (SSSR count). The minimum absolute atomic E-state index is 0.286. The van der Waals surface area contributed by atoms with Crippen molar-refractivity contribution in [2.75, 3.05) is 0 Å². The van der Waals surface area contributed by atoms with E-state index in [2.05, 4.69) is 29.4 Å². The fourth-order valence-corrected chi connectivity index (χ4v) is 2.54. The molecular weight excluding hydrogens is 274 g/mol. The summed E-state index contributed by atoms with van der Waals surface area (Å²) in [6, 6.07) is 17.6. The maximum atomic E-state index is 9.56. The number of aromatic hydroxyl groups is 1. The molecule has 0 spiro atoms. The molecule has 0 saturated carbocycles. The van der Waals surface area contributed by atoms with Crippen molar-refractivity contribution in [3.05, 3.63) is 77.6 Å². The van der Waals surface area contributed by atoms with E-state index in [-0.39, 0.29) is 5.92 Å². The van der Waals surface area contributed by atoms with Gasteiger partial charge in [0.2, 0.25) is 0 Å². The summed E-state index contributed by atoms with van der Waals surface area (Å²) >= 11 is 0. The molecule has 1 atom stereocenters. The second-order valence-corrected chi connectivity index (χ2v) is 5.59. The second-order valence-electron chi connectivity index (χ2n) is 5.59. The van der Waals surface area contributed by atoms with E-state index in [4.69, 9.17) is 0 Å². The molecule has 0 fully saturated rings. The molecule has 0 aliphatic rings. The van der Waals surface area contributed by atoms with Gasteiger partial charge in [-0.1, -0.05) is 54.6 Å². The van der Waals surface area contributed by atoms with Crippen LogP contribution in [0.25, 0.3) is 0 Å². The standard InChI is InChI=1S/C18H19N3O/c1-14(16-8-5-9-18(22)11-16)10-17-13-21(20-19-17)12-15-6-3-2-4-7-15/h2-9,11,13-14,22H,10,12H2,1H3. The molecule has 4 nitrogen and oxygen atoms in total. The first-order valence-electron chi connectivity index (χ1n) is 7.42. The Morgan fingerprint density at radius 2 is 1.91 bits per heavy atom. The highest BCUT2D eigenvalue weighted by Crippen LogP contribution is 2.22. The SMILES string of the molecule is CC(Cc1cn(Cc2ccccc2)nn1)c1cccc(O)c1. The number of hydrogen-bond donors (Lipinski definition) is 1. The summed E-state index contributed by atoms with van der Waals surface area (Å²) in [4.78, 5) is 0. The van der Waals surface area contributed by atoms with Crippen LogP contribution < -0.4 is 0 Å². The Labute approximate surface area is 130 Å². The highest BCUT2D eigenvalue weighted by atomic mass is 16.3. The topological polar surface area (TPSA) is 50.9 Å². The molecule has 0 saturated heterocycles. The lowest BCUT2D eigenvalue weighted by Crippen LogP contribution is -2.00. The van der Waals surface area contributed by atoms with Crippen molar-refractivity contribution < 1.29 is 5.11 Å². The number of hydrogen-bond acceptors (Lipinski definition) is 3. The van der Waals surface area contributed by atoms with Gasteiger partial charge in [-0.3, -0.25) is 0 Å². The Hall–Kier alpha value is -2.62. The molecule has 3 aromatic rings. The lowest BCUT2D eigenvalue weighted by Gasteiger charge is -2.09. The van der Waals surface area contributed by atoms with E-state index in [1.165, 1.54) is 5.56 Å². The van der Waals surface area contributed by atoms with Crippen LogP contribution in [-0.2, 0) is 13.0 Å². The first-order valence-corrected chi connectivity index (χ1v) is 7.42. The second kappa shape index (κ2) is 6.43. The van der Waals surface area contributed by atoms with Crippen LogP contribution in [-0.4, -0.2) is 20.1 Å².